The van der Waals surface area contributed by atoms with Crippen LogP contribution in [0.5, 0.6) is 0 Å². The van der Waals surface area contributed by atoms with Gasteiger partial charge in [0.05, 0.1) is 0 Å². The Morgan fingerprint density at radius 2 is 1.65 bits per heavy atom. The molecule has 0 bridgehead atoms. The van der Waals surface area contributed by atoms with Gasteiger partial charge in [0.1, 0.15) is 11.6 Å². The van der Waals surface area contributed by atoms with E-state index in [9.17, 15) is 9.59 Å². The van der Waals surface area contributed by atoms with Gasteiger partial charge in [0.25, 0.3) is 0 Å². The van der Waals surface area contributed by atoms with Crippen LogP contribution in [-0.4, -0.2) is 11.6 Å². The lowest BCUT2D eigenvalue weighted by molar-refractivity contribution is -0.139. The van der Waals surface area contributed by atoms with E-state index < -0.39 is 0 Å². The van der Waals surface area contributed by atoms with Gasteiger partial charge in [0.2, 0.25) is 0 Å². The van der Waals surface area contributed by atoms with Gasteiger partial charge in [-0.1, -0.05) is 13.8 Å². The van der Waals surface area contributed by atoms with E-state index in [1.807, 2.05) is 6.92 Å². The lowest BCUT2D eigenvalue weighted by Crippen LogP contribution is -2.52. The highest BCUT2D eigenvalue weighted by molar-refractivity contribution is 5.80. The van der Waals surface area contributed by atoms with E-state index in [2.05, 4.69) is 13.8 Å². The van der Waals surface area contributed by atoms with Gasteiger partial charge in [0.15, 0.2) is 0 Å². The molecule has 0 aromatic carbocycles. The van der Waals surface area contributed by atoms with Gasteiger partial charge in [-0.25, -0.2) is 0 Å². The molecule has 128 valence electrons. The zero-order chi connectivity index (χ0) is 16.4. The van der Waals surface area contributed by atoms with Gasteiger partial charge in [0, 0.05) is 18.8 Å². The van der Waals surface area contributed by atoms with Crippen molar-refractivity contribution < 1.29 is 9.59 Å². The second-order valence-electron chi connectivity index (χ2n) is 9.77. The number of hydrogen-bond donors (Lipinski definition) is 0. The third-order valence-corrected chi connectivity index (χ3v) is 8.78. The van der Waals surface area contributed by atoms with Crippen molar-refractivity contribution in [2.24, 2.45) is 40.4 Å². The Labute approximate surface area is 140 Å². The number of Topliss-reactive ketones (excluding diaryl/α,β-unsaturated/α-hetero) is 2. The molecule has 23 heavy (non-hydrogen) atoms. The zero-order valence-corrected chi connectivity index (χ0v) is 15.1. The third-order valence-electron chi connectivity index (χ3n) is 8.78. The van der Waals surface area contributed by atoms with E-state index in [0.717, 1.165) is 49.4 Å². The third kappa shape index (κ3) is 2.19. The van der Waals surface area contributed by atoms with Crippen LogP contribution in [0.1, 0.15) is 78.6 Å². The summed E-state index contributed by atoms with van der Waals surface area (Å²) in [5, 5.41) is 0. The SMILES string of the molecule is CC(=O)[C@H]1CC[C@H]2[C@@H]3CC[C@]4(C)CC(=O)CC[C@H]4[C@H]3CC[C@]12C. The van der Waals surface area contributed by atoms with E-state index in [0.29, 0.717) is 17.5 Å². The minimum Gasteiger partial charge on any atom is -0.300 e. The van der Waals surface area contributed by atoms with E-state index in [1.165, 1.54) is 32.1 Å². The first-order chi connectivity index (χ1) is 10.8. The normalized spacial score (nSPS) is 52.5. The summed E-state index contributed by atoms with van der Waals surface area (Å²) in [5.74, 6) is 4.42. The monoisotopic (exact) mass is 316 g/mol. The van der Waals surface area contributed by atoms with Crippen molar-refractivity contribution >= 4 is 11.6 Å². The second kappa shape index (κ2) is 5.17. The molecular weight excluding hydrogens is 284 g/mol. The van der Waals surface area contributed by atoms with Crippen molar-refractivity contribution in [3.63, 3.8) is 0 Å². The average Bonchev–Trinajstić information content (AvgIpc) is 2.83. The van der Waals surface area contributed by atoms with Crippen molar-refractivity contribution in [3.05, 3.63) is 0 Å². The molecule has 4 aliphatic rings. The van der Waals surface area contributed by atoms with Gasteiger partial charge in [-0.15, -0.1) is 0 Å². The Kier molecular flexibility index (Phi) is 3.56. The molecule has 0 radical (unpaired) electrons. The summed E-state index contributed by atoms with van der Waals surface area (Å²) in [6.45, 7) is 6.63. The fourth-order valence-corrected chi connectivity index (χ4v) is 7.74. The predicted octanol–water partition coefficient (Wildman–Crippen LogP) is 4.80. The molecule has 2 nitrogen and oxygen atoms in total. The lowest BCUT2D eigenvalue weighted by Gasteiger charge is -2.58. The van der Waals surface area contributed by atoms with Crippen LogP contribution in [-0.2, 0) is 9.59 Å². The number of carbonyl (C=O) groups excluding carboxylic acids is 2. The fourth-order valence-electron chi connectivity index (χ4n) is 7.74. The van der Waals surface area contributed by atoms with Crippen molar-refractivity contribution in [2.45, 2.75) is 78.6 Å². The number of carbonyl (C=O) groups is 2. The smallest absolute Gasteiger partial charge is 0.133 e. The van der Waals surface area contributed by atoms with Gasteiger partial charge < -0.3 is 0 Å². The van der Waals surface area contributed by atoms with Crippen molar-refractivity contribution in [1.29, 1.82) is 0 Å². The van der Waals surface area contributed by atoms with Crippen LogP contribution in [0.2, 0.25) is 0 Å². The number of fused-ring (bicyclic) bond motifs is 5. The Balaban J connectivity index is 1.61. The molecule has 0 heterocycles. The van der Waals surface area contributed by atoms with Crippen LogP contribution in [0, 0.1) is 40.4 Å². The van der Waals surface area contributed by atoms with E-state index in [4.69, 9.17) is 0 Å². The molecule has 0 aromatic rings. The molecule has 0 spiro atoms. The Morgan fingerprint density at radius 1 is 0.957 bits per heavy atom. The topological polar surface area (TPSA) is 34.1 Å². The summed E-state index contributed by atoms with van der Waals surface area (Å²) in [7, 11) is 0. The summed E-state index contributed by atoms with van der Waals surface area (Å²) < 4.78 is 0. The molecule has 4 saturated carbocycles. The molecule has 4 aliphatic carbocycles. The van der Waals surface area contributed by atoms with E-state index >= 15 is 0 Å². The predicted molar refractivity (Wildman–Crippen MR) is 90.9 cm³/mol. The summed E-state index contributed by atoms with van der Waals surface area (Å²) in [6.07, 6.45) is 10.3. The van der Waals surface area contributed by atoms with Crippen molar-refractivity contribution in [1.82, 2.24) is 0 Å². The maximum atomic E-state index is 12.1. The van der Waals surface area contributed by atoms with Crippen LogP contribution in [0.3, 0.4) is 0 Å². The van der Waals surface area contributed by atoms with Gasteiger partial charge in [-0.2, -0.15) is 0 Å². The molecule has 4 fully saturated rings. The maximum Gasteiger partial charge on any atom is 0.133 e. The standard InChI is InChI=1S/C21H32O2/c1-13(22)17-6-7-19-16-8-10-20(2)12-14(23)4-5-18(20)15(16)9-11-21(17,19)3/h15-19H,4-12H2,1-3H3/t15-,16+,17+,18-,19-,20+,21+/m0/s1. The first kappa shape index (κ1) is 15.8. The van der Waals surface area contributed by atoms with Crippen LogP contribution in [0.25, 0.3) is 0 Å². The molecule has 0 N–H and O–H groups in total. The largest absolute Gasteiger partial charge is 0.300 e. The number of hydrogen-bond acceptors (Lipinski definition) is 2. The molecule has 7 atom stereocenters. The van der Waals surface area contributed by atoms with E-state index in [-0.39, 0.29) is 10.8 Å². The molecular formula is C21H32O2. The average molecular weight is 316 g/mol. The quantitative estimate of drug-likeness (QED) is 0.696. The Hall–Kier alpha value is -0.660. The van der Waals surface area contributed by atoms with E-state index in [1.54, 1.807) is 0 Å². The summed E-state index contributed by atoms with van der Waals surface area (Å²) in [5.41, 5.74) is 0.550. The molecule has 2 heteroatoms. The van der Waals surface area contributed by atoms with Gasteiger partial charge in [-0.05, 0) is 86.4 Å². The van der Waals surface area contributed by atoms with Crippen molar-refractivity contribution in [3.8, 4) is 0 Å². The molecule has 0 saturated heterocycles. The van der Waals surface area contributed by atoms with Gasteiger partial charge in [-0.3, -0.25) is 9.59 Å². The lowest BCUT2D eigenvalue weighted by atomic mass is 9.46. The first-order valence-corrected chi connectivity index (χ1v) is 9.87. The molecule has 0 aliphatic heterocycles. The maximum absolute atomic E-state index is 12.1. The number of ketones is 2. The number of rotatable bonds is 1. The molecule has 0 amide bonds. The highest BCUT2D eigenvalue weighted by atomic mass is 16.1. The Morgan fingerprint density at radius 3 is 2.39 bits per heavy atom. The van der Waals surface area contributed by atoms with Crippen LogP contribution >= 0.6 is 0 Å². The molecule has 4 rings (SSSR count). The minimum atomic E-state index is 0.269. The fraction of sp³-hybridized carbons (Fsp3) is 0.905. The van der Waals surface area contributed by atoms with Crippen LogP contribution < -0.4 is 0 Å². The minimum absolute atomic E-state index is 0.269. The molecule has 0 unspecified atom stereocenters. The van der Waals surface area contributed by atoms with Crippen LogP contribution in [0.15, 0.2) is 0 Å². The zero-order valence-electron chi connectivity index (χ0n) is 15.1. The van der Waals surface area contributed by atoms with Crippen LogP contribution in [0.4, 0.5) is 0 Å². The first-order valence-electron chi connectivity index (χ1n) is 9.87. The highest BCUT2D eigenvalue weighted by Gasteiger charge is 2.59. The highest BCUT2D eigenvalue weighted by Crippen LogP contribution is 2.66. The second-order valence-corrected chi connectivity index (χ2v) is 9.77. The Bertz CT molecular complexity index is 538. The summed E-state index contributed by atoms with van der Waals surface area (Å²) in [6, 6.07) is 0. The summed E-state index contributed by atoms with van der Waals surface area (Å²) in [4.78, 5) is 24.1. The summed E-state index contributed by atoms with van der Waals surface area (Å²) >= 11 is 0. The molecule has 0 aromatic heterocycles. The van der Waals surface area contributed by atoms with Crippen molar-refractivity contribution in [2.75, 3.05) is 0 Å². The van der Waals surface area contributed by atoms with Gasteiger partial charge >= 0.3 is 0 Å².